The van der Waals surface area contributed by atoms with Crippen molar-refractivity contribution in [1.82, 2.24) is 15.5 Å². The van der Waals surface area contributed by atoms with E-state index in [1.165, 1.54) is 11.6 Å². The second kappa shape index (κ2) is 9.79. The van der Waals surface area contributed by atoms with Gasteiger partial charge in [0.25, 0.3) is 0 Å². The van der Waals surface area contributed by atoms with Gasteiger partial charge in [-0.3, -0.25) is 4.99 Å². The third-order valence-corrected chi connectivity index (χ3v) is 4.14. The van der Waals surface area contributed by atoms with Crippen molar-refractivity contribution in [2.45, 2.75) is 12.5 Å². The normalized spacial score (nSPS) is 12.9. The minimum absolute atomic E-state index is 0.163. The highest BCUT2D eigenvalue weighted by Gasteiger charge is 2.14. The summed E-state index contributed by atoms with van der Waals surface area (Å²) in [5, 5.41) is 6.60. The van der Waals surface area contributed by atoms with E-state index < -0.39 is 0 Å². The first-order valence-electron chi connectivity index (χ1n) is 8.51. The Kier molecular flexibility index (Phi) is 7.41. The molecule has 0 bridgehead atoms. The zero-order valence-corrected chi connectivity index (χ0v) is 15.2. The summed E-state index contributed by atoms with van der Waals surface area (Å²) >= 11 is 0. The van der Waals surface area contributed by atoms with Gasteiger partial charge in [0.1, 0.15) is 5.82 Å². The lowest BCUT2D eigenvalue weighted by molar-refractivity contribution is 0.298. The molecule has 4 nitrogen and oxygen atoms in total. The summed E-state index contributed by atoms with van der Waals surface area (Å²) in [6.07, 6.45) is 0.614. The monoisotopic (exact) mass is 342 g/mol. The number of nitrogens with zero attached hydrogens (tertiary/aromatic N) is 2. The topological polar surface area (TPSA) is 39.7 Å². The zero-order valence-electron chi connectivity index (χ0n) is 15.2. The number of rotatable bonds is 7. The minimum Gasteiger partial charge on any atom is -0.356 e. The maximum atomic E-state index is 13.6. The summed E-state index contributed by atoms with van der Waals surface area (Å²) in [7, 11) is 5.87. The van der Waals surface area contributed by atoms with Crippen LogP contribution in [0.1, 0.15) is 17.2 Å². The van der Waals surface area contributed by atoms with Crippen molar-refractivity contribution in [3.63, 3.8) is 0 Å². The molecule has 25 heavy (non-hydrogen) atoms. The molecule has 2 rings (SSSR count). The molecule has 0 radical (unpaired) electrons. The second-order valence-corrected chi connectivity index (χ2v) is 6.11. The van der Waals surface area contributed by atoms with Crippen molar-refractivity contribution >= 4 is 5.96 Å². The average Bonchev–Trinajstić information content (AvgIpc) is 2.62. The number of hydrogen-bond donors (Lipinski definition) is 2. The molecule has 0 spiro atoms. The SMILES string of the molecule is CN=C(NCCc1ccccc1F)NCC(c1ccccc1)N(C)C. The highest BCUT2D eigenvalue weighted by molar-refractivity contribution is 5.79. The van der Waals surface area contributed by atoms with E-state index in [0.29, 0.717) is 18.5 Å². The first-order valence-corrected chi connectivity index (χ1v) is 8.51. The number of nitrogens with one attached hydrogen (secondary N) is 2. The van der Waals surface area contributed by atoms with Gasteiger partial charge in [0.2, 0.25) is 0 Å². The van der Waals surface area contributed by atoms with E-state index in [4.69, 9.17) is 0 Å². The van der Waals surface area contributed by atoms with Crippen LogP contribution in [0.25, 0.3) is 0 Å². The lowest BCUT2D eigenvalue weighted by Gasteiger charge is -2.26. The fraction of sp³-hybridized carbons (Fsp3) is 0.350. The van der Waals surface area contributed by atoms with Crippen LogP contribution in [0.5, 0.6) is 0 Å². The molecule has 1 atom stereocenters. The standard InChI is InChI=1S/C20H27FN4/c1-22-20(23-14-13-16-9-7-8-12-18(16)21)24-15-19(25(2)3)17-10-5-4-6-11-17/h4-12,19H,13-15H2,1-3H3,(H2,22,23,24). The first-order chi connectivity index (χ1) is 12.1. The van der Waals surface area contributed by atoms with Gasteiger partial charge >= 0.3 is 0 Å². The zero-order chi connectivity index (χ0) is 18.1. The molecule has 2 aromatic rings. The Balaban J connectivity index is 1.86. The van der Waals surface area contributed by atoms with E-state index in [2.05, 4.69) is 46.8 Å². The average molecular weight is 342 g/mol. The van der Waals surface area contributed by atoms with Crippen LogP contribution in [0.2, 0.25) is 0 Å². The Morgan fingerprint density at radius 2 is 1.72 bits per heavy atom. The maximum Gasteiger partial charge on any atom is 0.191 e. The number of halogens is 1. The van der Waals surface area contributed by atoms with Crippen LogP contribution in [0.3, 0.4) is 0 Å². The Morgan fingerprint density at radius 3 is 2.36 bits per heavy atom. The Labute approximate surface area is 149 Å². The fourth-order valence-corrected chi connectivity index (χ4v) is 2.70. The third kappa shape index (κ3) is 5.87. The predicted molar refractivity (Wildman–Crippen MR) is 102 cm³/mol. The van der Waals surface area contributed by atoms with Crippen LogP contribution in [0.15, 0.2) is 59.6 Å². The van der Waals surface area contributed by atoms with E-state index in [1.807, 2.05) is 30.3 Å². The summed E-state index contributed by atoms with van der Waals surface area (Å²) in [4.78, 5) is 6.42. The number of aliphatic imine (C=N–C) groups is 1. The molecule has 0 saturated carbocycles. The molecule has 0 amide bonds. The molecule has 2 N–H and O–H groups in total. The van der Waals surface area contributed by atoms with E-state index in [-0.39, 0.29) is 11.9 Å². The number of likely N-dealkylation sites (N-methyl/N-ethyl adjacent to an activating group) is 1. The van der Waals surface area contributed by atoms with Gasteiger partial charge in [0.15, 0.2) is 5.96 Å². The molecule has 2 aromatic carbocycles. The van der Waals surface area contributed by atoms with Gasteiger partial charge in [0.05, 0.1) is 6.04 Å². The van der Waals surface area contributed by atoms with Crippen LogP contribution in [-0.4, -0.2) is 45.1 Å². The van der Waals surface area contributed by atoms with E-state index in [0.717, 1.165) is 12.5 Å². The van der Waals surface area contributed by atoms with Crippen LogP contribution >= 0.6 is 0 Å². The Morgan fingerprint density at radius 1 is 1.04 bits per heavy atom. The highest BCUT2D eigenvalue weighted by atomic mass is 19.1. The van der Waals surface area contributed by atoms with Gasteiger partial charge in [-0.25, -0.2) is 4.39 Å². The molecule has 0 fully saturated rings. The van der Waals surface area contributed by atoms with E-state index >= 15 is 0 Å². The number of guanidine groups is 1. The van der Waals surface area contributed by atoms with Crippen molar-refractivity contribution in [3.8, 4) is 0 Å². The molecule has 1 unspecified atom stereocenters. The molecule has 0 aliphatic rings. The van der Waals surface area contributed by atoms with Gasteiger partial charge in [-0.2, -0.15) is 0 Å². The number of benzene rings is 2. The Bertz CT molecular complexity index is 670. The van der Waals surface area contributed by atoms with Gasteiger partial charge < -0.3 is 15.5 Å². The molecule has 5 heteroatoms. The van der Waals surface area contributed by atoms with Gasteiger partial charge in [0, 0.05) is 20.1 Å². The van der Waals surface area contributed by atoms with Gasteiger partial charge in [-0.1, -0.05) is 48.5 Å². The Hall–Kier alpha value is -2.40. The predicted octanol–water partition coefficient (Wildman–Crippen LogP) is 2.84. The molecule has 134 valence electrons. The summed E-state index contributed by atoms with van der Waals surface area (Å²) in [5.41, 5.74) is 1.96. The smallest absolute Gasteiger partial charge is 0.191 e. The molecular formula is C20H27FN4. The third-order valence-electron chi connectivity index (χ3n) is 4.14. The molecule has 0 aliphatic heterocycles. The molecular weight excluding hydrogens is 315 g/mol. The van der Waals surface area contributed by atoms with Crippen LogP contribution in [0.4, 0.5) is 4.39 Å². The number of hydrogen-bond acceptors (Lipinski definition) is 2. The van der Waals surface area contributed by atoms with Gasteiger partial charge in [-0.15, -0.1) is 0 Å². The van der Waals surface area contributed by atoms with Crippen molar-refractivity contribution in [2.24, 2.45) is 4.99 Å². The van der Waals surface area contributed by atoms with Gasteiger partial charge in [-0.05, 0) is 37.7 Å². The lowest BCUT2D eigenvalue weighted by Crippen LogP contribution is -2.42. The largest absolute Gasteiger partial charge is 0.356 e. The first kappa shape index (κ1) is 18.9. The van der Waals surface area contributed by atoms with Crippen LogP contribution < -0.4 is 10.6 Å². The van der Waals surface area contributed by atoms with Crippen LogP contribution in [0, 0.1) is 5.82 Å². The van der Waals surface area contributed by atoms with Crippen molar-refractivity contribution in [3.05, 3.63) is 71.5 Å². The summed E-state index contributed by atoms with van der Waals surface area (Å²) in [6, 6.07) is 17.5. The van der Waals surface area contributed by atoms with Crippen molar-refractivity contribution in [2.75, 3.05) is 34.2 Å². The molecule has 0 aromatic heterocycles. The second-order valence-electron chi connectivity index (χ2n) is 6.11. The molecule has 0 saturated heterocycles. The quantitative estimate of drug-likeness (QED) is 0.600. The van der Waals surface area contributed by atoms with E-state index in [1.54, 1.807) is 13.1 Å². The summed E-state index contributed by atoms with van der Waals surface area (Å²) in [6.45, 7) is 1.36. The summed E-state index contributed by atoms with van der Waals surface area (Å²) in [5.74, 6) is 0.558. The highest BCUT2D eigenvalue weighted by Crippen LogP contribution is 2.16. The van der Waals surface area contributed by atoms with Crippen molar-refractivity contribution in [1.29, 1.82) is 0 Å². The summed E-state index contributed by atoms with van der Waals surface area (Å²) < 4.78 is 13.6. The minimum atomic E-state index is -0.163. The van der Waals surface area contributed by atoms with Crippen molar-refractivity contribution < 1.29 is 4.39 Å². The van der Waals surface area contributed by atoms with Crippen LogP contribution in [-0.2, 0) is 6.42 Å². The maximum absolute atomic E-state index is 13.6. The lowest BCUT2D eigenvalue weighted by atomic mass is 10.1. The van der Waals surface area contributed by atoms with E-state index in [9.17, 15) is 4.39 Å². The molecule has 0 heterocycles. The molecule has 0 aliphatic carbocycles. The fourth-order valence-electron chi connectivity index (χ4n) is 2.70.